The third-order valence-electron chi connectivity index (χ3n) is 3.20. The Hall–Kier alpha value is -2.27. The molecular weight excluding hydrogens is 284 g/mol. The second kappa shape index (κ2) is 6.45. The van der Waals surface area contributed by atoms with E-state index < -0.39 is 11.2 Å². The van der Waals surface area contributed by atoms with Gasteiger partial charge in [-0.2, -0.15) is 0 Å². The highest BCUT2D eigenvalue weighted by molar-refractivity contribution is 7.99. The first kappa shape index (κ1) is 15.1. The number of hydrogen-bond acceptors (Lipinski definition) is 4. The summed E-state index contributed by atoms with van der Waals surface area (Å²) in [6.45, 7) is 0. The van der Waals surface area contributed by atoms with E-state index in [2.05, 4.69) is 0 Å². The van der Waals surface area contributed by atoms with Crippen LogP contribution in [0.25, 0.3) is 0 Å². The van der Waals surface area contributed by atoms with Gasteiger partial charge in [0.05, 0.1) is 0 Å². The number of anilines is 1. The van der Waals surface area contributed by atoms with E-state index in [0.717, 1.165) is 0 Å². The van der Waals surface area contributed by atoms with Crippen molar-refractivity contribution in [2.24, 2.45) is 5.73 Å². The van der Waals surface area contributed by atoms with Gasteiger partial charge in [0.15, 0.2) is 5.78 Å². The number of carbonyl (C=O) groups excluding carboxylic acids is 2. The molecule has 0 saturated carbocycles. The number of benzene rings is 2. The quantitative estimate of drug-likeness (QED) is 0.655. The molecule has 21 heavy (non-hydrogen) atoms. The van der Waals surface area contributed by atoms with Crippen molar-refractivity contribution in [1.29, 1.82) is 0 Å². The van der Waals surface area contributed by atoms with Crippen LogP contribution in [0.1, 0.15) is 26.7 Å². The zero-order valence-electron chi connectivity index (χ0n) is 11.6. The predicted octanol–water partition coefficient (Wildman–Crippen LogP) is 2.39. The second-order valence-corrected chi connectivity index (χ2v) is 5.46. The first-order valence-electron chi connectivity index (χ1n) is 6.36. The Bertz CT molecular complexity index is 671. The first-order valence-corrected chi connectivity index (χ1v) is 7.65. The van der Waals surface area contributed by atoms with Gasteiger partial charge in [0.1, 0.15) is 5.25 Å². The topological polar surface area (TPSA) is 86.2 Å². The summed E-state index contributed by atoms with van der Waals surface area (Å²) < 4.78 is 0. The molecule has 0 unspecified atom stereocenters. The highest BCUT2D eigenvalue weighted by Gasteiger charge is 2.22. The van der Waals surface area contributed by atoms with Crippen molar-refractivity contribution in [3.05, 3.63) is 65.2 Å². The number of thioether (sulfide) groups is 1. The number of ketones is 1. The summed E-state index contributed by atoms with van der Waals surface area (Å²) in [4.78, 5) is 24.0. The van der Waals surface area contributed by atoms with Gasteiger partial charge in [-0.25, -0.2) is 0 Å². The highest BCUT2D eigenvalue weighted by Crippen LogP contribution is 2.33. The molecule has 0 spiro atoms. The van der Waals surface area contributed by atoms with Crippen LogP contribution in [0.5, 0.6) is 0 Å². The van der Waals surface area contributed by atoms with E-state index in [1.54, 1.807) is 48.7 Å². The normalized spacial score (nSPS) is 11.9. The van der Waals surface area contributed by atoms with Gasteiger partial charge >= 0.3 is 0 Å². The molecule has 4 N–H and O–H groups in total. The Morgan fingerprint density at radius 2 is 1.71 bits per heavy atom. The van der Waals surface area contributed by atoms with Gasteiger partial charge in [-0.05, 0) is 17.9 Å². The Labute approximate surface area is 127 Å². The van der Waals surface area contributed by atoms with Gasteiger partial charge < -0.3 is 11.5 Å². The third kappa shape index (κ3) is 3.08. The number of rotatable bonds is 5. The van der Waals surface area contributed by atoms with E-state index >= 15 is 0 Å². The van der Waals surface area contributed by atoms with Crippen molar-refractivity contribution in [1.82, 2.24) is 0 Å². The molecule has 0 aliphatic heterocycles. The van der Waals surface area contributed by atoms with Crippen LogP contribution in [-0.2, 0) is 4.79 Å². The highest BCUT2D eigenvalue weighted by atomic mass is 32.2. The number of nitrogen functional groups attached to an aromatic ring is 1. The largest absolute Gasteiger partial charge is 0.398 e. The summed E-state index contributed by atoms with van der Waals surface area (Å²) in [5.41, 5.74) is 13.3. The van der Waals surface area contributed by atoms with Gasteiger partial charge in [0, 0.05) is 16.8 Å². The molecule has 0 aliphatic rings. The standard InChI is InChI=1S/C16H16N2O2S/c1-21-15(16(18)20)12-9-5-8-11(13(12)17)14(19)10-6-3-2-4-7-10/h2-9,15H,17H2,1H3,(H2,18,20)/t15-/m0/s1. The zero-order chi connectivity index (χ0) is 15.4. The molecule has 0 bridgehead atoms. The summed E-state index contributed by atoms with van der Waals surface area (Å²) in [7, 11) is 0. The predicted molar refractivity (Wildman–Crippen MR) is 86.2 cm³/mol. The van der Waals surface area contributed by atoms with Crippen molar-refractivity contribution in [2.45, 2.75) is 5.25 Å². The number of carbonyl (C=O) groups is 2. The van der Waals surface area contributed by atoms with E-state index in [0.29, 0.717) is 22.4 Å². The Balaban J connectivity index is 2.47. The van der Waals surface area contributed by atoms with E-state index in [1.165, 1.54) is 11.8 Å². The minimum atomic E-state index is -0.562. The average molecular weight is 300 g/mol. The summed E-state index contributed by atoms with van der Waals surface area (Å²) in [6, 6.07) is 14.0. The van der Waals surface area contributed by atoms with Gasteiger partial charge in [-0.3, -0.25) is 9.59 Å². The molecule has 0 heterocycles. The van der Waals surface area contributed by atoms with Crippen LogP contribution in [0.2, 0.25) is 0 Å². The lowest BCUT2D eigenvalue weighted by molar-refractivity contribution is -0.117. The van der Waals surface area contributed by atoms with Gasteiger partial charge in [0.2, 0.25) is 5.91 Å². The van der Waals surface area contributed by atoms with E-state index in [-0.39, 0.29) is 5.78 Å². The van der Waals surface area contributed by atoms with Crippen LogP contribution in [0.4, 0.5) is 5.69 Å². The molecule has 2 aromatic rings. The van der Waals surface area contributed by atoms with Crippen LogP contribution in [0.15, 0.2) is 48.5 Å². The minimum absolute atomic E-state index is 0.167. The smallest absolute Gasteiger partial charge is 0.235 e. The van der Waals surface area contributed by atoms with E-state index in [1.807, 2.05) is 6.07 Å². The van der Waals surface area contributed by atoms with Crippen LogP contribution in [-0.4, -0.2) is 17.9 Å². The fourth-order valence-electron chi connectivity index (χ4n) is 2.15. The molecule has 0 fully saturated rings. The molecule has 1 amide bonds. The molecular formula is C16H16N2O2S. The molecule has 108 valence electrons. The number of amides is 1. The summed E-state index contributed by atoms with van der Waals surface area (Å²) in [5.74, 6) is -0.641. The van der Waals surface area contributed by atoms with Gasteiger partial charge in [-0.1, -0.05) is 42.5 Å². The van der Waals surface area contributed by atoms with E-state index in [4.69, 9.17) is 11.5 Å². The molecule has 4 nitrogen and oxygen atoms in total. The Morgan fingerprint density at radius 1 is 1.05 bits per heavy atom. The van der Waals surface area contributed by atoms with Gasteiger partial charge in [-0.15, -0.1) is 11.8 Å². The maximum atomic E-state index is 12.5. The van der Waals surface area contributed by atoms with Crippen LogP contribution >= 0.6 is 11.8 Å². The Kier molecular flexibility index (Phi) is 4.65. The Morgan fingerprint density at radius 3 is 2.29 bits per heavy atom. The van der Waals surface area contributed by atoms with Crippen molar-refractivity contribution in [3.63, 3.8) is 0 Å². The number of hydrogen-bond donors (Lipinski definition) is 2. The molecule has 0 radical (unpaired) electrons. The van der Waals surface area contributed by atoms with Crippen LogP contribution < -0.4 is 11.5 Å². The molecule has 2 aromatic carbocycles. The number of para-hydroxylation sites is 1. The SMILES string of the molecule is CS[C@H](C(N)=O)c1cccc(C(=O)c2ccccc2)c1N. The zero-order valence-corrected chi connectivity index (χ0v) is 12.4. The maximum Gasteiger partial charge on any atom is 0.235 e. The average Bonchev–Trinajstić information content (AvgIpc) is 2.49. The lowest BCUT2D eigenvalue weighted by Crippen LogP contribution is -2.20. The maximum absolute atomic E-state index is 12.5. The lowest BCUT2D eigenvalue weighted by Gasteiger charge is -2.15. The minimum Gasteiger partial charge on any atom is -0.398 e. The van der Waals surface area contributed by atoms with Crippen molar-refractivity contribution in [2.75, 3.05) is 12.0 Å². The lowest BCUT2D eigenvalue weighted by atomic mass is 9.97. The first-order chi connectivity index (χ1) is 10.1. The fraction of sp³-hybridized carbons (Fsp3) is 0.125. The van der Waals surface area contributed by atoms with Crippen molar-refractivity contribution >= 4 is 29.1 Å². The number of nitrogens with two attached hydrogens (primary N) is 2. The molecule has 0 saturated heterocycles. The second-order valence-electron chi connectivity index (χ2n) is 4.52. The fourth-order valence-corrected chi connectivity index (χ4v) is 2.84. The van der Waals surface area contributed by atoms with Crippen LogP contribution in [0.3, 0.4) is 0 Å². The summed E-state index contributed by atoms with van der Waals surface area (Å²) in [5, 5.41) is -0.562. The summed E-state index contributed by atoms with van der Waals surface area (Å²) >= 11 is 1.30. The molecule has 2 rings (SSSR count). The van der Waals surface area contributed by atoms with Crippen molar-refractivity contribution in [3.8, 4) is 0 Å². The molecule has 0 aromatic heterocycles. The molecule has 1 atom stereocenters. The third-order valence-corrected chi connectivity index (χ3v) is 4.15. The number of primary amides is 1. The van der Waals surface area contributed by atoms with Gasteiger partial charge in [0.25, 0.3) is 0 Å². The molecule has 5 heteroatoms. The van der Waals surface area contributed by atoms with E-state index in [9.17, 15) is 9.59 Å². The van der Waals surface area contributed by atoms with Crippen LogP contribution in [0, 0.1) is 0 Å². The monoisotopic (exact) mass is 300 g/mol. The summed E-state index contributed by atoms with van der Waals surface area (Å²) in [6.07, 6.45) is 1.78. The molecule has 0 aliphatic carbocycles. The van der Waals surface area contributed by atoms with Crippen molar-refractivity contribution < 1.29 is 9.59 Å².